The molecule has 1 aromatic carbocycles. The van der Waals surface area contributed by atoms with Crippen molar-refractivity contribution in [1.82, 2.24) is 4.98 Å². The van der Waals surface area contributed by atoms with Crippen LogP contribution in [-0.4, -0.2) is 30.3 Å². The van der Waals surface area contributed by atoms with E-state index in [0.29, 0.717) is 6.04 Å². The highest BCUT2D eigenvalue weighted by molar-refractivity contribution is 9.08. The van der Waals surface area contributed by atoms with E-state index in [-0.39, 0.29) is 6.10 Å². The van der Waals surface area contributed by atoms with Crippen LogP contribution in [0.25, 0.3) is 10.9 Å². The number of hydrogen-bond acceptors (Lipinski definition) is 3. The quantitative estimate of drug-likeness (QED) is 0.782. The Kier molecular flexibility index (Phi) is 3.94. The average Bonchev–Trinajstić information content (AvgIpc) is 2.48. The Hall–Kier alpha value is -1.13. The molecule has 2 heterocycles. The van der Waals surface area contributed by atoms with Gasteiger partial charge in [-0.15, -0.1) is 0 Å². The molecule has 2 aromatic rings. The minimum Gasteiger partial charge on any atom is -0.375 e. The summed E-state index contributed by atoms with van der Waals surface area (Å²) in [5, 5.41) is 2.01. The summed E-state index contributed by atoms with van der Waals surface area (Å²) in [5.41, 5.74) is 2.29. The van der Waals surface area contributed by atoms with Gasteiger partial charge < -0.3 is 9.64 Å². The maximum absolute atomic E-state index is 5.72. The van der Waals surface area contributed by atoms with Crippen molar-refractivity contribution in [3.8, 4) is 0 Å². The molecule has 0 radical (unpaired) electrons. The van der Waals surface area contributed by atoms with Gasteiger partial charge in [-0.3, -0.25) is 0 Å². The molecule has 1 saturated heterocycles. The highest BCUT2D eigenvalue weighted by Gasteiger charge is 2.26. The summed E-state index contributed by atoms with van der Waals surface area (Å²) >= 11 is 3.60. The number of hydrogen-bond donors (Lipinski definition) is 0. The van der Waals surface area contributed by atoms with Gasteiger partial charge in [0, 0.05) is 22.8 Å². The van der Waals surface area contributed by atoms with E-state index < -0.39 is 0 Å². The Labute approximate surface area is 128 Å². The molecule has 1 aliphatic rings. The second-order valence-corrected chi connectivity index (χ2v) is 6.00. The number of morpholine rings is 1. The lowest BCUT2D eigenvalue weighted by molar-refractivity contribution is 0.0340. The molecule has 4 heteroatoms. The zero-order valence-electron chi connectivity index (χ0n) is 11.8. The first-order valence-corrected chi connectivity index (χ1v) is 8.14. The van der Waals surface area contributed by atoms with E-state index in [0.717, 1.165) is 29.8 Å². The van der Waals surface area contributed by atoms with Crippen molar-refractivity contribution in [1.29, 1.82) is 0 Å². The van der Waals surface area contributed by atoms with Gasteiger partial charge in [0.05, 0.1) is 24.3 Å². The first kappa shape index (κ1) is 13.8. The van der Waals surface area contributed by atoms with E-state index in [4.69, 9.17) is 9.72 Å². The fraction of sp³-hybridized carbons (Fsp3) is 0.438. The number of aromatic nitrogens is 1. The molecule has 0 bridgehead atoms. The van der Waals surface area contributed by atoms with Crippen LogP contribution in [0, 0.1) is 0 Å². The third-order valence-electron chi connectivity index (χ3n) is 3.80. The van der Waals surface area contributed by atoms with Crippen LogP contribution in [0.15, 0.2) is 30.3 Å². The average molecular weight is 335 g/mol. The standard InChI is InChI=1S/C16H19BrN2O/c1-11-10-20-12(2)9-19(11)16-14(8-17)7-13-5-3-4-6-15(13)18-16/h3-7,11-12H,8-10H2,1-2H3. The summed E-state index contributed by atoms with van der Waals surface area (Å²) in [6.07, 6.45) is 0.252. The number of rotatable bonds is 2. The molecule has 0 N–H and O–H groups in total. The lowest BCUT2D eigenvalue weighted by Gasteiger charge is -2.38. The molecule has 0 saturated carbocycles. The van der Waals surface area contributed by atoms with Crippen LogP contribution in [0.2, 0.25) is 0 Å². The Balaban J connectivity index is 2.08. The van der Waals surface area contributed by atoms with Crippen molar-refractivity contribution in [2.24, 2.45) is 0 Å². The molecule has 3 rings (SSSR count). The van der Waals surface area contributed by atoms with Gasteiger partial charge in [0.1, 0.15) is 5.82 Å². The maximum atomic E-state index is 5.72. The molecule has 2 unspecified atom stereocenters. The zero-order chi connectivity index (χ0) is 14.1. The highest BCUT2D eigenvalue weighted by Crippen LogP contribution is 2.28. The number of fused-ring (bicyclic) bond motifs is 1. The summed E-state index contributed by atoms with van der Waals surface area (Å²) in [7, 11) is 0. The normalized spacial score (nSPS) is 23.2. The lowest BCUT2D eigenvalue weighted by atomic mass is 10.1. The minimum atomic E-state index is 0.252. The second-order valence-electron chi connectivity index (χ2n) is 5.44. The van der Waals surface area contributed by atoms with Crippen molar-refractivity contribution < 1.29 is 4.74 Å². The van der Waals surface area contributed by atoms with E-state index >= 15 is 0 Å². The SMILES string of the molecule is CC1CN(c2nc3ccccc3cc2CBr)C(C)CO1. The van der Waals surface area contributed by atoms with Crippen LogP contribution in [0.3, 0.4) is 0 Å². The summed E-state index contributed by atoms with van der Waals surface area (Å²) in [5.74, 6) is 1.09. The van der Waals surface area contributed by atoms with Gasteiger partial charge in [0.15, 0.2) is 0 Å². The second kappa shape index (κ2) is 5.70. The molecular weight excluding hydrogens is 316 g/mol. The maximum Gasteiger partial charge on any atom is 0.133 e. The molecule has 0 aliphatic carbocycles. The number of para-hydroxylation sites is 1. The van der Waals surface area contributed by atoms with Gasteiger partial charge >= 0.3 is 0 Å². The molecule has 20 heavy (non-hydrogen) atoms. The smallest absolute Gasteiger partial charge is 0.133 e. The van der Waals surface area contributed by atoms with Gasteiger partial charge in [0.25, 0.3) is 0 Å². The zero-order valence-corrected chi connectivity index (χ0v) is 13.4. The monoisotopic (exact) mass is 334 g/mol. The molecule has 0 spiro atoms. The van der Waals surface area contributed by atoms with Gasteiger partial charge in [0.2, 0.25) is 0 Å². The number of anilines is 1. The topological polar surface area (TPSA) is 25.4 Å². The number of pyridine rings is 1. The fourth-order valence-electron chi connectivity index (χ4n) is 2.69. The fourth-order valence-corrected chi connectivity index (χ4v) is 3.11. The third-order valence-corrected chi connectivity index (χ3v) is 4.41. The molecular formula is C16H19BrN2O. The highest BCUT2D eigenvalue weighted by atomic mass is 79.9. The molecule has 0 amide bonds. The van der Waals surface area contributed by atoms with E-state index in [1.807, 2.05) is 6.07 Å². The van der Waals surface area contributed by atoms with Gasteiger partial charge in [-0.05, 0) is 26.0 Å². The Morgan fingerprint density at radius 2 is 2.15 bits per heavy atom. The van der Waals surface area contributed by atoms with Gasteiger partial charge in [-0.25, -0.2) is 4.98 Å². The first-order chi connectivity index (χ1) is 9.69. The van der Waals surface area contributed by atoms with Crippen LogP contribution < -0.4 is 4.90 Å². The molecule has 2 atom stereocenters. The van der Waals surface area contributed by atoms with Crippen LogP contribution >= 0.6 is 15.9 Å². The molecule has 1 aliphatic heterocycles. The van der Waals surface area contributed by atoms with Crippen LogP contribution in [0.4, 0.5) is 5.82 Å². The van der Waals surface area contributed by atoms with E-state index in [1.165, 1.54) is 10.9 Å². The van der Waals surface area contributed by atoms with E-state index in [1.54, 1.807) is 0 Å². The van der Waals surface area contributed by atoms with Crippen LogP contribution in [-0.2, 0) is 10.1 Å². The van der Waals surface area contributed by atoms with Crippen molar-refractivity contribution in [3.63, 3.8) is 0 Å². The Morgan fingerprint density at radius 3 is 2.95 bits per heavy atom. The summed E-state index contributed by atoms with van der Waals surface area (Å²) in [6, 6.07) is 10.9. The summed E-state index contributed by atoms with van der Waals surface area (Å²) in [6.45, 7) is 5.97. The van der Waals surface area contributed by atoms with Crippen molar-refractivity contribution in [2.45, 2.75) is 31.3 Å². The largest absolute Gasteiger partial charge is 0.375 e. The molecule has 1 aromatic heterocycles. The Bertz CT molecular complexity index is 616. The van der Waals surface area contributed by atoms with Gasteiger partial charge in [-0.1, -0.05) is 34.1 Å². The lowest BCUT2D eigenvalue weighted by Crippen LogP contribution is -2.48. The molecule has 1 fully saturated rings. The predicted octanol–water partition coefficient (Wildman–Crippen LogP) is 3.74. The molecule has 3 nitrogen and oxygen atoms in total. The number of halogens is 1. The van der Waals surface area contributed by atoms with E-state index in [9.17, 15) is 0 Å². The van der Waals surface area contributed by atoms with Crippen molar-refractivity contribution in [3.05, 3.63) is 35.9 Å². The summed E-state index contributed by atoms with van der Waals surface area (Å²) in [4.78, 5) is 7.27. The number of benzene rings is 1. The van der Waals surface area contributed by atoms with Gasteiger partial charge in [-0.2, -0.15) is 0 Å². The number of nitrogens with zero attached hydrogens (tertiary/aromatic N) is 2. The van der Waals surface area contributed by atoms with Crippen LogP contribution in [0.5, 0.6) is 0 Å². The van der Waals surface area contributed by atoms with Crippen molar-refractivity contribution in [2.75, 3.05) is 18.1 Å². The predicted molar refractivity (Wildman–Crippen MR) is 86.6 cm³/mol. The summed E-state index contributed by atoms with van der Waals surface area (Å²) < 4.78 is 5.72. The van der Waals surface area contributed by atoms with E-state index in [2.05, 4.69) is 58.9 Å². The first-order valence-electron chi connectivity index (χ1n) is 7.02. The number of alkyl halides is 1. The molecule has 106 valence electrons. The minimum absolute atomic E-state index is 0.252. The number of ether oxygens (including phenoxy) is 1. The van der Waals surface area contributed by atoms with Crippen molar-refractivity contribution >= 4 is 32.7 Å². The third kappa shape index (κ3) is 2.54. The van der Waals surface area contributed by atoms with Crippen LogP contribution in [0.1, 0.15) is 19.4 Å². The Morgan fingerprint density at radius 1 is 1.35 bits per heavy atom.